The maximum atomic E-state index is 12.4. The van der Waals surface area contributed by atoms with Gasteiger partial charge in [-0.2, -0.15) is 0 Å². The number of ether oxygens (including phenoxy) is 2. The van der Waals surface area contributed by atoms with Crippen molar-refractivity contribution >= 4 is 33.7 Å². The minimum atomic E-state index is -1.14. The molecule has 0 saturated carbocycles. The van der Waals surface area contributed by atoms with Crippen LogP contribution in [0.1, 0.15) is 21.5 Å². The SMILES string of the molecule is NC(=O)c1cccc2c1c1c(OCC(=O)O)cc(CO)cc1n2Cc1ccccc1Oc1ccccc1. The number of aliphatic hydroxyl groups excluding tert-OH is 1. The number of amides is 1. The molecule has 0 aliphatic rings. The molecule has 0 aliphatic carbocycles. The first-order chi connectivity index (χ1) is 18.0. The highest BCUT2D eigenvalue weighted by Gasteiger charge is 2.22. The van der Waals surface area contributed by atoms with E-state index in [2.05, 4.69) is 0 Å². The minimum Gasteiger partial charge on any atom is -0.481 e. The van der Waals surface area contributed by atoms with Gasteiger partial charge in [-0.05, 0) is 48.0 Å². The number of para-hydroxylation sites is 2. The van der Waals surface area contributed by atoms with E-state index >= 15 is 0 Å². The summed E-state index contributed by atoms with van der Waals surface area (Å²) in [5, 5.41) is 20.2. The van der Waals surface area contributed by atoms with Crippen LogP contribution in [-0.4, -0.2) is 33.3 Å². The molecule has 5 rings (SSSR count). The molecule has 186 valence electrons. The number of nitrogens with zero attached hydrogens (tertiary/aromatic N) is 1. The molecule has 4 N–H and O–H groups in total. The number of carboxylic acid groups (broad SMARTS) is 1. The number of carboxylic acids is 1. The predicted molar refractivity (Wildman–Crippen MR) is 139 cm³/mol. The van der Waals surface area contributed by atoms with E-state index in [-0.39, 0.29) is 17.9 Å². The van der Waals surface area contributed by atoms with Crippen LogP contribution in [0.2, 0.25) is 0 Å². The number of nitrogens with two attached hydrogens (primary N) is 1. The number of benzene rings is 4. The second-order valence-corrected chi connectivity index (χ2v) is 8.50. The Hall–Kier alpha value is -4.82. The van der Waals surface area contributed by atoms with E-state index in [4.69, 9.17) is 15.2 Å². The third-order valence-electron chi connectivity index (χ3n) is 6.09. The maximum Gasteiger partial charge on any atom is 0.341 e. The van der Waals surface area contributed by atoms with Crippen molar-refractivity contribution in [3.05, 3.63) is 102 Å². The number of fused-ring (bicyclic) bond motifs is 3. The zero-order valence-electron chi connectivity index (χ0n) is 19.8. The topological polar surface area (TPSA) is 124 Å². The van der Waals surface area contributed by atoms with E-state index in [1.54, 1.807) is 24.3 Å². The van der Waals surface area contributed by atoms with Gasteiger partial charge in [0, 0.05) is 16.5 Å². The summed E-state index contributed by atoms with van der Waals surface area (Å²) in [6.45, 7) is -0.501. The van der Waals surface area contributed by atoms with Gasteiger partial charge in [0.15, 0.2) is 6.61 Å². The highest BCUT2D eigenvalue weighted by molar-refractivity contribution is 6.20. The van der Waals surface area contributed by atoms with Crippen molar-refractivity contribution in [3.63, 3.8) is 0 Å². The standard InChI is InChI=1S/C29H24N2O6/c30-29(35)21-10-6-11-22-27(21)28-23(13-18(16-32)14-25(28)36-17-26(33)34)31(22)15-19-7-4-5-12-24(19)37-20-8-2-1-3-9-20/h1-14,32H,15-17H2,(H2,30,35)(H,33,34). The van der Waals surface area contributed by atoms with Gasteiger partial charge in [-0.3, -0.25) is 4.79 Å². The predicted octanol–water partition coefficient (Wildman–Crippen LogP) is 4.69. The second kappa shape index (κ2) is 10.0. The summed E-state index contributed by atoms with van der Waals surface area (Å²) in [6.07, 6.45) is 0. The van der Waals surface area contributed by atoms with E-state index in [0.717, 1.165) is 5.56 Å². The molecule has 0 radical (unpaired) electrons. The van der Waals surface area contributed by atoms with E-state index < -0.39 is 18.5 Å². The molecule has 0 atom stereocenters. The average molecular weight is 497 g/mol. The number of rotatable bonds is 9. The van der Waals surface area contributed by atoms with Crippen LogP contribution in [0.3, 0.4) is 0 Å². The van der Waals surface area contributed by atoms with Crippen LogP contribution in [-0.2, 0) is 17.9 Å². The molecular weight excluding hydrogens is 472 g/mol. The number of aliphatic hydroxyl groups is 1. The highest BCUT2D eigenvalue weighted by Crippen LogP contribution is 2.40. The smallest absolute Gasteiger partial charge is 0.341 e. The molecular formula is C29H24N2O6. The fourth-order valence-electron chi connectivity index (χ4n) is 4.52. The van der Waals surface area contributed by atoms with Crippen LogP contribution in [0.4, 0.5) is 0 Å². The molecule has 0 fully saturated rings. The Bertz CT molecular complexity index is 1620. The van der Waals surface area contributed by atoms with Crippen molar-refractivity contribution in [2.45, 2.75) is 13.2 Å². The van der Waals surface area contributed by atoms with Gasteiger partial charge in [-0.15, -0.1) is 0 Å². The molecule has 1 heterocycles. The number of carbonyl (C=O) groups is 2. The normalized spacial score (nSPS) is 11.1. The van der Waals surface area contributed by atoms with Gasteiger partial charge >= 0.3 is 5.97 Å². The van der Waals surface area contributed by atoms with Crippen LogP contribution in [0, 0.1) is 0 Å². The highest BCUT2D eigenvalue weighted by atomic mass is 16.5. The lowest BCUT2D eigenvalue weighted by Crippen LogP contribution is -2.12. The van der Waals surface area contributed by atoms with Crippen molar-refractivity contribution in [1.82, 2.24) is 4.57 Å². The average Bonchev–Trinajstić information content (AvgIpc) is 3.22. The molecule has 0 aliphatic heterocycles. The van der Waals surface area contributed by atoms with Gasteiger partial charge in [0.25, 0.3) is 0 Å². The molecule has 1 amide bonds. The number of primary amides is 1. The van der Waals surface area contributed by atoms with E-state index in [1.807, 2.05) is 65.2 Å². The summed E-state index contributed by atoms with van der Waals surface area (Å²) in [5.74, 6) is -0.160. The summed E-state index contributed by atoms with van der Waals surface area (Å²) >= 11 is 0. The fourth-order valence-corrected chi connectivity index (χ4v) is 4.52. The molecule has 0 unspecified atom stereocenters. The van der Waals surface area contributed by atoms with Gasteiger partial charge in [0.2, 0.25) is 5.91 Å². The molecule has 1 aromatic heterocycles. The second-order valence-electron chi connectivity index (χ2n) is 8.50. The lowest BCUT2D eigenvalue weighted by Gasteiger charge is -2.14. The summed E-state index contributed by atoms with van der Waals surface area (Å²) in [7, 11) is 0. The zero-order valence-corrected chi connectivity index (χ0v) is 19.8. The molecule has 8 heteroatoms. The van der Waals surface area contributed by atoms with Gasteiger partial charge in [-0.25, -0.2) is 4.79 Å². The van der Waals surface area contributed by atoms with Gasteiger partial charge in [-0.1, -0.05) is 42.5 Å². The molecule has 0 spiro atoms. The Morgan fingerprint density at radius 3 is 2.32 bits per heavy atom. The Labute approximate surface area is 212 Å². The zero-order chi connectivity index (χ0) is 25.9. The number of aliphatic carboxylic acids is 1. The quantitative estimate of drug-likeness (QED) is 0.272. The summed E-state index contributed by atoms with van der Waals surface area (Å²) in [4.78, 5) is 23.7. The van der Waals surface area contributed by atoms with Crippen molar-refractivity contribution in [2.75, 3.05) is 6.61 Å². The molecule has 5 aromatic rings. The number of hydrogen-bond donors (Lipinski definition) is 3. The van der Waals surface area contributed by atoms with Gasteiger partial charge in [0.1, 0.15) is 17.2 Å². The Balaban J connectivity index is 1.74. The first kappa shape index (κ1) is 23.9. The molecule has 0 saturated heterocycles. The van der Waals surface area contributed by atoms with Crippen molar-refractivity contribution in [2.24, 2.45) is 5.73 Å². The first-order valence-corrected chi connectivity index (χ1v) is 11.6. The van der Waals surface area contributed by atoms with Crippen LogP contribution in [0.25, 0.3) is 21.8 Å². The maximum absolute atomic E-state index is 12.4. The van der Waals surface area contributed by atoms with E-state index in [0.29, 0.717) is 45.4 Å². The summed E-state index contributed by atoms with van der Waals surface area (Å²) < 4.78 is 13.8. The van der Waals surface area contributed by atoms with Crippen molar-refractivity contribution in [1.29, 1.82) is 0 Å². The number of carbonyl (C=O) groups excluding carboxylic acids is 1. The fraction of sp³-hybridized carbons (Fsp3) is 0.103. The largest absolute Gasteiger partial charge is 0.481 e. The van der Waals surface area contributed by atoms with Crippen LogP contribution < -0.4 is 15.2 Å². The first-order valence-electron chi connectivity index (χ1n) is 11.6. The van der Waals surface area contributed by atoms with Crippen LogP contribution in [0.5, 0.6) is 17.2 Å². The molecule has 4 aromatic carbocycles. The monoisotopic (exact) mass is 496 g/mol. The lowest BCUT2D eigenvalue weighted by molar-refractivity contribution is -0.139. The summed E-state index contributed by atoms with van der Waals surface area (Å²) in [5.41, 5.74) is 8.78. The van der Waals surface area contributed by atoms with Crippen molar-refractivity contribution < 1.29 is 29.3 Å². The van der Waals surface area contributed by atoms with E-state index in [1.165, 1.54) is 0 Å². The molecule has 37 heavy (non-hydrogen) atoms. The Morgan fingerprint density at radius 2 is 1.59 bits per heavy atom. The van der Waals surface area contributed by atoms with Crippen LogP contribution in [0.15, 0.2) is 84.9 Å². The number of aromatic nitrogens is 1. The van der Waals surface area contributed by atoms with Crippen LogP contribution >= 0.6 is 0 Å². The molecule has 8 nitrogen and oxygen atoms in total. The third-order valence-corrected chi connectivity index (χ3v) is 6.09. The minimum absolute atomic E-state index is 0.246. The summed E-state index contributed by atoms with van der Waals surface area (Å²) in [6, 6.07) is 25.7. The van der Waals surface area contributed by atoms with Gasteiger partial charge in [0.05, 0.1) is 29.6 Å². The lowest BCUT2D eigenvalue weighted by atomic mass is 10.0. The Morgan fingerprint density at radius 1 is 0.838 bits per heavy atom. The van der Waals surface area contributed by atoms with Crippen molar-refractivity contribution in [3.8, 4) is 17.2 Å². The van der Waals surface area contributed by atoms with Gasteiger partial charge < -0.3 is 30.0 Å². The third kappa shape index (κ3) is 4.70. The number of hydrogen-bond acceptors (Lipinski definition) is 5. The molecule has 0 bridgehead atoms. The van der Waals surface area contributed by atoms with E-state index in [9.17, 15) is 19.8 Å². The Kier molecular flexibility index (Phi) is 6.49.